The second-order valence-corrected chi connectivity index (χ2v) is 38.3. The highest BCUT2D eigenvalue weighted by Crippen LogP contribution is 2.39. The Morgan fingerprint density at radius 3 is 1.55 bits per heavy atom. The number of amidine groups is 1. The molecule has 2 saturated heterocycles. The summed E-state index contributed by atoms with van der Waals surface area (Å²) >= 11 is 6.13. The fourth-order valence-corrected chi connectivity index (χ4v) is 18.2. The van der Waals surface area contributed by atoms with Crippen LogP contribution in [0.15, 0.2) is 137 Å². The van der Waals surface area contributed by atoms with E-state index < -0.39 is 0 Å². The minimum Gasteiger partial charge on any atom is -0.496 e. The minimum absolute atomic E-state index is 0.358. The Labute approximate surface area is 719 Å². The Hall–Kier alpha value is -8.69. The molecule has 8 aliphatic rings. The van der Waals surface area contributed by atoms with Gasteiger partial charge in [-0.25, -0.2) is 0 Å². The third-order valence-corrected chi connectivity index (χ3v) is 26.4. The number of aryl methyl sites for hydroxylation is 1. The average molecular weight is 1640 g/mol. The molecule has 17 nitrogen and oxygen atoms in total. The van der Waals surface area contributed by atoms with Crippen molar-refractivity contribution in [1.29, 1.82) is 5.26 Å². The number of hydrogen-bond donors (Lipinski definition) is 9. The summed E-state index contributed by atoms with van der Waals surface area (Å²) in [5, 5.41) is 47.9. The molecule has 0 spiro atoms. The van der Waals surface area contributed by atoms with Crippen LogP contribution in [0.25, 0.3) is 54.4 Å². The molecule has 3 saturated carbocycles. The largest absolute Gasteiger partial charge is 0.496 e. The van der Waals surface area contributed by atoms with Gasteiger partial charge in [0, 0.05) is 83.4 Å². The van der Waals surface area contributed by atoms with Gasteiger partial charge in [-0.05, 0) is 285 Å². The van der Waals surface area contributed by atoms with Crippen LogP contribution in [-0.2, 0) is 0 Å². The first kappa shape index (κ1) is 92.6. The summed E-state index contributed by atoms with van der Waals surface area (Å²) in [5.41, 5.74) is 14.2. The van der Waals surface area contributed by atoms with Crippen molar-refractivity contribution in [2.75, 3.05) is 39.2 Å². The van der Waals surface area contributed by atoms with Crippen molar-refractivity contribution in [1.82, 2.24) is 56.9 Å². The monoisotopic (exact) mass is 1640 g/mol. The molecule has 3 aliphatic carbocycles. The summed E-state index contributed by atoms with van der Waals surface area (Å²) in [6.07, 6.45) is 29.4. The number of rotatable bonds is 11. The molecule has 4 aromatic heterocycles. The number of fused-ring (bicyclic) bond motifs is 9. The lowest BCUT2D eigenvalue weighted by Crippen LogP contribution is -2.46. The van der Waals surface area contributed by atoms with Gasteiger partial charge in [0.1, 0.15) is 17.8 Å². The van der Waals surface area contributed by atoms with Gasteiger partial charge in [0.25, 0.3) is 0 Å². The van der Waals surface area contributed by atoms with E-state index >= 15 is 0 Å². The smallest absolute Gasteiger partial charge is 0.130 e. The molecule has 0 radical (unpaired) electrons. The van der Waals surface area contributed by atoms with Crippen LogP contribution in [0.5, 0.6) is 5.75 Å². The average Bonchev–Trinajstić information content (AvgIpc) is 1.74. The molecule has 0 amide bonds. The number of ether oxygens (including phenoxy) is 1. The standard InChI is InChI=1S/C15H19N.C12H15N.C12H23N.C11H12ClN.C11H11N3.C11H14N2O.2C10H18N2.C9H17N3/c1-11(2)13-6-5-12-7-8-15(16(3)4)10-14(12)9-13;1-8(2)10-6-9(3)11-4-5-13-12(11)7-10;1-9(2)10-5-6-12-11(8-10)4-3-7-13-12;1-7(2)8-5-10(12)9-3-4-13-11(9)6-8;1-7(2)8-3-9(5-12)10-6-13-14-11(10)4-8;1-7(2)8-4-10-9(6-12-13-10)11(5-8)14-3;2*1-7(2)8-3-4-9-10(5-8)12-6-11-9;1-6(2)8-11-7-4-3-5-10-9(7)12-8/h5-11H,1-4H3;4-8,13H,1-3H3;9-13H,3-8H2,1-2H3;3-7,13H,1-2H3;3-4,6-7H,1-2H3,(H,13,14);4-7H,1-3H3,(H,12,13);2*6-10H,3-5H2,1-2H3,(H,11,12);6-7,9-10H,3-5H2,1-2H3,(H,11,12). The predicted molar refractivity (Wildman–Crippen MR) is 508 cm³/mol. The molecule has 5 aliphatic heterocycles. The zero-order chi connectivity index (χ0) is 85.7. The van der Waals surface area contributed by atoms with Crippen molar-refractivity contribution in [3.63, 3.8) is 0 Å². The zero-order valence-corrected chi connectivity index (χ0v) is 77.0. The third-order valence-electron chi connectivity index (χ3n) is 26.1. The van der Waals surface area contributed by atoms with Crippen LogP contribution in [0.1, 0.15) is 277 Å². The first-order valence-electron chi connectivity index (χ1n) is 45.3. The summed E-state index contributed by atoms with van der Waals surface area (Å²) in [4.78, 5) is 22.0. The topological polar surface area (TPSA) is 222 Å². The number of methoxy groups -OCH3 is 1. The van der Waals surface area contributed by atoms with Crippen LogP contribution < -0.4 is 36.2 Å². The molecule has 5 fully saturated rings. The Bertz CT molecular complexity index is 4750. The maximum absolute atomic E-state index is 8.97. The quantitative estimate of drug-likeness (QED) is 0.0596. The van der Waals surface area contributed by atoms with Gasteiger partial charge in [-0.3, -0.25) is 30.5 Å². The van der Waals surface area contributed by atoms with Crippen LogP contribution in [0.4, 0.5) is 5.69 Å². The fraction of sp³-hybridized carbons (Fsp3) is 0.564. The molecule has 9 N–H and O–H groups in total. The Morgan fingerprint density at radius 1 is 0.471 bits per heavy atom. The molecule has 18 heteroatoms. The maximum Gasteiger partial charge on any atom is 0.130 e. The van der Waals surface area contributed by atoms with E-state index in [1.807, 2.05) is 49.3 Å². The number of anilines is 1. The Kier molecular flexibility index (Phi) is 34.4. The van der Waals surface area contributed by atoms with Crippen molar-refractivity contribution in [2.24, 2.45) is 62.3 Å². The minimum atomic E-state index is 0.358. The number of nitrogens with zero attached hydrogens (tertiary/aromatic N) is 7. The molecular formula is C101H147ClN16O. The number of hydrogen-bond acceptors (Lipinski definition) is 13. The van der Waals surface area contributed by atoms with E-state index in [0.717, 1.165) is 97.5 Å². The van der Waals surface area contributed by atoms with E-state index in [9.17, 15) is 0 Å². The molecule has 18 rings (SSSR count). The van der Waals surface area contributed by atoms with E-state index in [2.05, 4.69) is 301 Å². The number of nitrogens with one attached hydrogen (secondary N) is 9. The maximum atomic E-state index is 8.97. The molecule has 644 valence electrons. The molecule has 0 bridgehead atoms. The molecule has 10 aromatic rings. The van der Waals surface area contributed by atoms with Gasteiger partial charge in [-0.15, -0.1) is 0 Å². The highest BCUT2D eigenvalue weighted by atomic mass is 35.5. The molecule has 11 unspecified atom stereocenters. The van der Waals surface area contributed by atoms with Crippen molar-refractivity contribution < 1.29 is 4.74 Å². The highest BCUT2D eigenvalue weighted by molar-refractivity contribution is 6.35. The van der Waals surface area contributed by atoms with Gasteiger partial charge in [0.05, 0.1) is 83.4 Å². The number of nitriles is 1. The van der Waals surface area contributed by atoms with Crippen molar-refractivity contribution in [3.05, 3.63) is 166 Å². The van der Waals surface area contributed by atoms with E-state index in [-0.39, 0.29) is 0 Å². The summed E-state index contributed by atoms with van der Waals surface area (Å²) in [6, 6.07) is 40.5. The van der Waals surface area contributed by atoms with Crippen LogP contribution in [0.3, 0.4) is 0 Å². The van der Waals surface area contributed by atoms with E-state index in [4.69, 9.17) is 21.6 Å². The fourth-order valence-electron chi connectivity index (χ4n) is 17.9. The second kappa shape index (κ2) is 44.2. The van der Waals surface area contributed by atoms with E-state index in [1.54, 1.807) is 19.5 Å². The van der Waals surface area contributed by atoms with Crippen LogP contribution >= 0.6 is 11.6 Å². The number of aromatic amines is 4. The van der Waals surface area contributed by atoms with Gasteiger partial charge >= 0.3 is 0 Å². The number of H-pyrrole nitrogens is 4. The van der Waals surface area contributed by atoms with Crippen LogP contribution in [0, 0.1) is 65.6 Å². The number of piperidine rings is 2. The molecule has 11 atom stereocenters. The van der Waals surface area contributed by atoms with Gasteiger partial charge < -0.3 is 40.9 Å². The first-order valence-corrected chi connectivity index (χ1v) is 45.6. The van der Waals surface area contributed by atoms with Gasteiger partial charge in [0.15, 0.2) is 0 Å². The number of halogens is 1. The van der Waals surface area contributed by atoms with E-state index in [0.29, 0.717) is 77.4 Å². The molecule has 9 heterocycles. The van der Waals surface area contributed by atoms with Gasteiger partial charge in [-0.1, -0.05) is 167 Å². The molecule has 6 aromatic carbocycles. The van der Waals surface area contributed by atoms with Crippen LogP contribution in [0.2, 0.25) is 5.02 Å². The predicted octanol–water partition coefficient (Wildman–Crippen LogP) is 24.0. The number of aliphatic imine (C=N–C) groups is 3. The molecule has 119 heavy (non-hydrogen) atoms. The Balaban J connectivity index is 0.000000141. The second-order valence-electron chi connectivity index (χ2n) is 37.9. The SMILES string of the molecule is CC(C)C1=NC2NCCCC2N1.CC(C)C1CCC2N=CNC2C1.CC(C)C1CCC2N=CNC2C1.CC(C)C1CCC2NCCCC2C1.CC(C)c1cc(C#N)c2cn[nH]c2c1.CC(C)c1cc(Cl)c2cc[nH]c2c1.CC(C)c1ccc2ccc(N(C)C)cc2c1.COc1cc(C(C)C)cc2[nH]ncc12.Cc1cc(C(C)C)cc2[nH]ccc12. The lowest BCUT2D eigenvalue weighted by atomic mass is 9.71. The summed E-state index contributed by atoms with van der Waals surface area (Å²) in [5.74, 6) is 11.7. The summed E-state index contributed by atoms with van der Waals surface area (Å²) in [6.45, 7) is 44.8. The highest BCUT2D eigenvalue weighted by Gasteiger charge is 2.36. The van der Waals surface area contributed by atoms with Crippen molar-refractivity contribution in [3.8, 4) is 11.8 Å². The normalized spacial score (nSPS) is 22.4. The third kappa shape index (κ3) is 25.5. The van der Waals surface area contributed by atoms with Crippen LogP contribution in [-0.4, -0.2) is 126 Å². The number of benzene rings is 6. The summed E-state index contributed by atoms with van der Waals surface area (Å²) in [7, 11) is 5.84. The first-order chi connectivity index (χ1) is 57.0. The van der Waals surface area contributed by atoms with Gasteiger partial charge in [0.2, 0.25) is 0 Å². The lowest BCUT2D eigenvalue weighted by Gasteiger charge is -2.41. The van der Waals surface area contributed by atoms with Crippen molar-refractivity contribution in [2.45, 2.75) is 287 Å². The zero-order valence-electron chi connectivity index (χ0n) is 76.3. The number of aromatic nitrogens is 6. The Morgan fingerprint density at radius 2 is 0.983 bits per heavy atom. The van der Waals surface area contributed by atoms with E-state index in [1.165, 1.54) is 157 Å². The lowest BCUT2D eigenvalue weighted by molar-refractivity contribution is 0.139. The van der Waals surface area contributed by atoms with Gasteiger partial charge in [-0.2, -0.15) is 15.5 Å². The van der Waals surface area contributed by atoms with Crippen molar-refractivity contribution >= 4 is 90.2 Å². The summed E-state index contributed by atoms with van der Waals surface area (Å²) < 4.78 is 5.32. The molecular weight excluding hydrogens is 1490 g/mol.